The molecular weight excluding hydrogens is 425 g/mol. The Morgan fingerprint density at radius 2 is 1.79 bits per heavy atom. The van der Waals surface area contributed by atoms with Crippen LogP contribution in [0.4, 0.5) is 8.78 Å². The van der Waals surface area contributed by atoms with E-state index in [0.29, 0.717) is 36.5 Å². The van der Waals surface area contributed by atoms with E-state index in [1.165, 1.54) is 24.3 Å². The molecule has 0 saturated carbocycles. The lowest BCUT2D eigenvalue weighted by atomic mass is 10.1. The normalized spacial score (nSPS) is 14.6. The number of ether oxygens (including phenoxy) is 1. The van der Waals surface area contributed by atoms with E-state index in [1.54, 1.807) is 4.90 Å². The van der Waals surface area contributed by atoms with Crippen molar-refractivity contribution in [2.75, 3.05) is 19.6 Å². The summed E-state index contributed by atoms with van der Waals surface area (Å²) < 4.78 is 32.2. The van der Waals surface area contributed by atoms with E-state index in [1.807, 2.05) is 0 Å². The predicted octanol–water partition coefficient (Wildman–Crippen LogP) is 4.07. The molecule has 1 N–H and O–H groups in total. The highest BCUT2D eigenvalue weighted by Gasteiger charge is 2.25. The molecule has 1 saturated heterocycles. The standard InChI is InChI=1S/C20H18Cl2F2N2O3/c21-15-3-1-12(9-16(15)22)20(28)25-11-19(27)26-7-5-14(6-8-26)29-18-4-2-13(23)10-17(18)24/h1-4,9-10,14H,5-8,11H2,(H,25,28). The zero-order valence-electron chi connectivity index (χ0n) is 15.3. The summed E-state index contributed by atoms with van der Waals surface area (Å²) in [5.41, 5.74) is 0.306. The molecule has 9 heteroatoms. The van der Waals surface area contributed by atoms with Crippen LogP contribution in [0.15, 0.2) is 36.4 Å². The average molecular weight is 443 g/mol. The van der Waals surface area contributed by atoms with Crippen molar-refractivity contribution < 1.29 is 23.1 Å². The molecule has 2 amide bonds. The third-order valence-corrected chi connectivity index (χ3v) is 5.30. The molecule has 3 rings (SSSR count). The van der Waals surface area contributed by atoms with Crippen molar-refractivity contribution in [2.45, 2.75) is 18.9 Å². The fourth-order valence-electron chi connectivity index (χ4n) is 2.98. The number of hydrogen-bond acceptors (Lipinski definition) is 3. The quantitative estimate of drug-likeness (QED) is 0.758. The molecule has 0 bridgehead atoms. The minimum Gasteiger partial charge on any atom is -0.487 e. The average Bonchev–Trinajstić information content (AvgIpc) is 2.70. The van der Waals surface area contributed by atoms with Crippen molar-refractivity contribution in [3.05, 3.63) is 63.6 Å². The van der Waals surface area contributed by atoms with Crippen LogP contribution in [0.25, 0.3) is 0 Å². The third kappa shape index (κ3) is 5.58. The van der Waals surface area contributed by atoms with Crippen LogP contribution in [0.3, 0.4) is 0 Å². The lowest BCUT2D eigenvalue weighted by molar-refractivity contribution is -0.131. The van der Waals surface area contributed by atoms with E-state index < -0.39 is 17.5 Å². The van der Waals surface area contributed by atoms with Crippen LogP contribution in [0.5, 0.6) is 5.75 Å². The summed E-state index contributed by atoms with van der Waals surface area (Å²) in [5, 5.41) is 3.15. The number of piperidine rings is 1. The van der Waals surface area contributed by atoms with E-state index in [0.717, 1.165) is 12.1 Å². The van der Waals surface area contributed by atoms with Crippen LogP contribution in [0.1, 0.15) is 23.2 Å². The highest BCUT2D eigenvalue weighted by Crippen LogP contribution is 2.24. The Bertz CT molecular complexity index is 919. The van der Waals surface area contributed by atoms with E-state index >= 15 is 0 Å². The summed E-state index contributed by atoms with van der Waals surface area (Å²) in [6.07, 6.45) is 0.733. The topological polar surface area (TPSA) is 58.6 Å². The highest BCUT2D eigenvalue weighted by atomic mass is 35.5. The smallest absolute Gasteiger partial charge is 0.251 e. The molecular formula is C20H18Cl2F2N2O3. The molecule has 2 aromatic rings. The lowest BCUT2D eigenvalue weighted by Gasteiger charge is -2.32. The van der Waals surface area contributed by atoms with E-state index in [-0.39, 0.29) is 29.3 Å². The van der Waals surface area contributed by atoms with Gasteiger partial charge in [0.1, 0.15) is 11.9 Å². The zero-order valence-corrected chi connectivity index (χ0v) is 16.8. The molecule has 1 heterocycles. The second kappa shape index (κ2) is 9.41. The van der Waals surface area contributed by atoms with Crippen molar-refractivity contribution in [2.24, 2.45) is 0 Å². The minimum atomic E-state index is -0.756. The van der Waals surface area contributed by atoms with Gasteiger partial charge in [-0.2, -0.15) is 0 Å². The Balaban J connectivity index is 1.46. The Morgan fingerprint density at radius 1 is 1.07 bits per heavy atom. The van der Waals surface area contributed by atoms with Crippen LogP contribution < -0.4 is 10.1 Å². The number of carbonyl (C=O) groups is 2. The highest BCUT2D eigenvalue weighted by molar-refractivity contribution is 6.42. The van der Waals surface area contributed by atoms with Gasteiger partial charge in [0.25, 0.3) is 5.91 Å². The van der Waals surface area contributed by atoms with Gasteiger partial charge in [-0.1, -0.05) is 23.2 Å². The first-order valence-electron chi connectivity index (χ1n) is 8.96. The first kappa shape index (κ1) is 21.3. The number of amides is 2. The van der Waals surface area contributed by atoms with Crippen molar-refractivity contribution in [3.63, 3.8) is 0 Å². The number of carbonyl (C=O) groups excluding carboxylic acids is 2. The molecule has 5 nitrogen and oxygen atoms in total. The molecule has 1 aliphatic rings. The van der Waals surface area contributed by atoms with Crippen LogP contribution in [-0.4, -0.2) is 42.5 Å². The molecule has 0 radical (unpaired) electrons. The van der Waals surface area contributed by atoms with Gasteiger partial charge >= 0.3 is 0 Å². The Kier molecular flexibility index (Phi) is 6.92. The zero-order chi connectivity index (χ0) is 21.0. The van der Waals surface area contributed by atoms with Gasteiger partial charge in [-0.25, -0.2) is 8.78 Å². The van der Waals surface area contributed by atoms with Crippen molar-refractivity contribution in [1.29, 1.82) is 0 Å². The summed E-state index contributed by atoms with van der Waals surface area (Å²) in [6.45, 7) is 0.668. The number of nitrogens with zero attached hydrogens (tertiary/aromatic N) is 1. The van der Waals surface area contributed by atoms with Gasteiger partial charge in [0.15, 0.2) is 11.6 Å². The molecule has 29 heavy (non-hydrogen) atoms. The summed E-state index contributed by atoms with van der Waals surface area (Å²) in [5.74, 6) is -2.09. The van der Waals surface area contributed by atoms with E-state index in [2.05, 4.69) is 5.32 Å². The van der Waals surface area contributed by atoms with Gasteiger partial charge < -0.3 is 15.0 Å². The van der Waals surface area contributed by atoms with E-state index in [4.69, 9.17) is 27.9 Å². The third-order valence-electron chi connectivity index (χ3n) is 4.56. The summed E-state index contributed by atoms with van der Waals surface area (Å²) in [6, 6.07) is 7.61. The Hall–Kier alpha value is -2.38. The fourth-order valence-corrected chi connectivity index (χ4v) is 3.28. The molecule has 0 spiro atoms. The number of nitrogens with one attached hydrogen (secondary N) is 1. The first-order chi connectivity index (χ1) is 13.8. The molecule has 1 aliphatic heterocycles. The van der Waals surface area contributed by atoms with Gasteiger partial charge in [-0.15, -0.1) is 0 Å². The second-order valence-corrected chi connectivity index (χ2v) is 7.40. The van der Waals surface area contributed by atoms with Crippen molar-refractivity contribution in [3.8, 4) is 5.75 Å². The lowest BCUT2D eigenvalue weighted by Crippen LogP contribution is -2.46. The number of rotatable bonds is 5. The van der Waals surface area contributed by atoms with E-state index in [9.17, 15) is 18.4 Å². The van der Waals surface area contributed by atoms with Crippen LogP contribution in [0.2, 0.25) is 10.0 Å². The maximum atomic E-state index is 13.7. The van der Waals surface area contributed by atoms with Gasteiger partial charge in [0.2, 0.25) is 5.91 Å². The van der Waals surface area contributed by atoms with Crippen LogP contribution in [-0.2, 0) is 4.79 Å². The van der Waals surface area contributed by atoms with Crippen LogP contribution in [0, 0.1) is 11.6 Å². The van der Waals surface area contributed by atoms with Gasteiger partial charge in [-0.05, 0) is 30.3 Å². The Morgan fingerprint density at radius 3 is 2.45 bits per heavy atom. The second-order valence-electron chi connectivity index (χ2n) is 6.58. The number of hydrogen-bond donors (Lipinski definition) is 1. The number of likely N-dealkylation sites (tertiary alicyclic amines) is 1. The summed E-state index contributed by atoms with van der Waals surface area (Å²) >= 11 is 11.7. The van der Waals surface area contributed by atoms with Crippen LogP contribution >= 0.6 is 23.2 Å². The van der Waals surface area contributed by atoms with Gasteiger partial charge in [0.05, 0.1) is 16.6 Å². The molecule has 0 aromatic heterocycles. The van der Waals surface area contributed by atoms with Gasteiger partial charge in [-0.3, -0.25) is 9.59 Å². The fraction of sp³-hybridized carbons (Fsp3) is 0.300. The largest absolute Gasteiger partial charge is 0.487 e. The maximum absolute atomic E-state index is 13.7. The monoisotopic (exact) mass is 442 g/mol. The SMILES string of the molecule is O=C(NCC(=O)N1CCC(Oc2ccc(F)cc2F)CC1)c1ccc(Cl)c(Cl)c1. The summed E-state index contributed by atoms with van der Waals surface area (Å²) in [7, 11) is 0. The number of benzene rings is 2. The van der Waals surface area contributed by atoms with Crippen molar-refractivity contribution in [1.82, 2.24) is 10.2 Å². The molecule has 1 fully saturated rings. The predicted molar refractivity (Wildman–Crippen MR) is 105 cm³/mol. The number of halogens is 4. The molecule has 0 aliphatic carbocycles. The van der Waals surface area contributed by atoms with Crippen molar-refractivity contribution >= 4 is 35.0 Å². The molecule has 0 atom stereocenters. The maximum Gasteiger partial charge on any atom is 0.251 e. The Labute approximate surface area is 176 Å². The summed E-state index contributed by atoms with van der Waals surface area (Å²) in [4.78, 5) is 26.1. The van der Waals surface area contributed by atoms with Gasteiger partial charge in [0, 0.05) is 37.6 Å². The minimum absolute atomic E-state index is 0.00920. The first-order valence-corrected chi connectivity index (χ1v) is 9.72. The molecule has 154 valence electrons. The molecule has 0 unspecified atom stereocenters. The molecule has 2 aromatic carbocycles.